The number of carbonyl (C=O) groups is 2. The van der Waals surface area contributed by atoms with Crippen molar-refractivity contribution in [1.29, 1.82) is 0 Å². The summed E-state index contributed by atoms with van der Waals surface area (Å²) >= 11 is 0. The maximum absolute atomic E-state index is 12.0. The molecule has 1 unspecified atom stereocenters. The number of primary amides is 1. The lowest BCUT2D eigenvalue weighted by molar-refractivity contribution is -0.123. The van der Waals surface area contributed by atoms with Crippen LogP contribution in [0.4, 0.5) is 10.5 Å². The summed E-state index contributed by atoms with van der Waals surface area (Å²) in [6, 6.07) is 6.85. The minimum absolute atomic E-state index is 0.0741. The molecule has 0 spiro atoms. The summed E-state index contributed by atoms with van der Waals surface area (Å²) in [6.07, 6.45) is -0.565. The molecule has 1 atom stereocenters. The Morgan fingerprint density at radius 1 is 1.29 bits per heavy atom. The molecule has 1 rings (SSSR count). The molecule has 0 saturated heterocycles. The van der Waals surface area contributed by atoms with Crippen LogP contribution in [0, 0.1) is 5.92 Å². The number of ether oxygens (including phenoxy) is 1. The maximum atomic E-state index is 12.0. The third-order valence-electron chi connectivity index (χ3n) is 3.23. The van der Waals surface area contributed by atoms with E-state index in [-0.39, 0.29) is 12.5 Å². The van der Waals surface area contributed by atoms with E-state index < -0.39 is 18.0 Å². The summed E-state index contributed by atoms with van der Waals surface area (Å²) < 4.78 is 5.20. The SMILES string of the molecule is CNc1ccc(COC(=O)N(C)C(C(N)=O)C(C)C)cc1. The van der Waals surface area contributed by atoms with Crippen LogP contribution in [0.5, 0.6) is 0 Å². The number of nitrogens with one attached hydrogen (secondary N) is 1. The quantitative estimate of drug-likeness (QED) is 0.837. The number of nitrogens with two attached hydrogens (primary N) is 1. The Morgan fingerprint density at radius 3 is 2.29 bits per heavy atom. The summed E-state index contributed by atoms with van der Waals surface area (Å²) in [4.78, 5) is 24.6. The van der Waals surface area contributed by atoms with Gasteiger partial charge in [0.1, 0.15) is 12.6 Å². The third-order valence-corrected chi connectivity index (χ3v) is 3.23. The molecule has 2 amide bonds. The van der Waals surface area contributed by atoms with Gasteiger partial charge in [-0.05, 0) is 23.6 Å². The first-order valence-corrected chi connectivity index (χ1v) is 6.82. The molecule has 0 aliphatic rings. The summed E-state index contributed by atoms with van der Waals surface area (Å²) in [7, 11) is 3.35. The minimum atomic E-state index is -0.677. The van der Waals surface area contributed by atoms with Gasteiger partial charge in [0.25, 0.3) is 0 Å². The minimum Gasteiger partial charge on any atom is -0.445 e. The van der Waals surface area contributed by atoms with Crippen LogP contribution < -0.4 is 11.1 Å². The van der Waals surface area contributed by atoms with E-state index in [1.807, 2.05) is 45.2 Å². The number of hydrogen-bond acceptors (Lipinski definition) is 4. The van der Waals surface area contributed by atoms with E-state index in [2.05, 4.69) is 5.32 Å². The van der Waals surface area contributed by atoms with Crippen LogP contribution in [0.3, 0.4) is 0 Å². The average Bonchev–Trinajstić information content (AvgIpc) is 2.44. The highest BCUT2D eigenvalue weighted by molar-refractivity contribution is 5.84. The van der Waals surface area contributed by atoms with Crippen molar-refractivity contribution in [3.63, 3.8) is 0 Å². The molecule has 0 saturated carbocycles. The topological polar surface area (TPSA) is 84.7 Å². The highest BCUT2D eigenvalue weighted by atomic mass is 16.6. The molecule has 21 heavy (non-hydrogen) atoms. The first kappa shape index (κ1) is 16.8. The van der Waals surface area contributed by atoms with Crippen LogP contribution in [0.15, 0.2) is 24.3 Å². The normalized spacial score (nSPS) is 11.9. The van der Waals surface area contributed by atoms with Crippen LogP contribution in [0.2, 0.25) is 0 Å². The Hall–Kier alpha value is -2.24. The number of rotatable bonds is 6. The van der Waals surface area contributed by atoms with E-state index >= 15 is 0 Å². The molecule has 116 valence electrons. The molecular formula is C15H23N3O3. The van der Waals surface area contributed by atoms with Crippen molar-refractivity contribution in [2.75, 3.05) is 19.4 Å². The molecule has 6 nitrogen and oxygen atoms in total. The number of nitrogens with zero attached hydrogens (tertiary/aromatic N) is 1. The van der Waals surface area contributed by atoms with Gasteiger partial charge in [0.2, 0.25) is 5.91 Å². The Labute approximate surface area is 125 Å². The predicted molar refractivity (Wildman–Crippen MR) is 81.8 cm³/mol. The van der Waals surface area contributed by atoms with Crippen molar-refractivity contribution < 1.29 is 14.3 Å². The van der Waals surface area contributed by atoms with Crippen LogP contribution >= 0.6 is 0 Å². The molecule has 0 aromatic heterocycles. The van der Waals surface area contributed by atoms with Crippen molar-refractivity contribution in [2.45, 2.75) is 26.5 Å². The molecule has 0 radical (unpaired) electrons. The highest BCUT2D eigenvalue weighted by Gasteiger charge is 2.28. The van der Waals surface area contributed by atoms with E-state index in [1.165, 1.54) is 11.9 Å². The molecule has 0 aliphatic carbocycles. The Balaban J connectivity index is 2.61. The number of hydrogen-bond donors (Lipinski definition) is 2. The van der Waals surface area contributed by atoms with E-state index in [9.17, 15) is 9.59 Å². The first-order valence-electron chi connectivity index (χ1n) is 6.82. The molecule has 0 heterocycles. The number of likely N-dealkylation sites (N-methyl/N-ethyl adjacent to an activating group) is 1. The standard InChI is InChI=1S/C15H23N3O3/c1-10(2)13(14(16)19)18(4)15(20)21-9-11-5-7-12(17-3)8-6-11/h5-8,10,13,17H,9H2,1-4H3,(H2,16,19). The monoisotopic (exact) mass is 293 g/mol. The molecule has 1 aromatic rings. The number of anilines is 1. The van der Waals surface area contributed by atoms with Crippen molar-refractivity contribution in [3.05, 3.63) is 29.8 Å². The lowest BCUT2D eigenvalue weighted by atomic mass is 10.0. The second-order valence-corrected chi connectivity index (χ2v) is 5.20. The van der Waals surface area contributed by atoms with Crippen molar-refractivity contribution in [3.8, 4) is 0 Å². The molecule has 1 aromatic carbocycles. The van der Waals surface area contributed by atoms with E-state index in [4.69, 9.17) is 10.5 Å². The average molecular weight is 293 g/mol. The van der Waals surface area contributed by atoms with E-state index in [0.717, 1.165) is 11.3 Å². The molecule has 0 bridgehead atoms. The van der Waals surface area contributed by atoms with Gasteiger partial charge in [0, 0.05) is 19.8 Å². The molecule has 0 fully saturated rings. The van der Waals surface area contributed by atoms with E-state index in [0.29, 0.717) is 0 Å². The predicted octanol–water partition coefficient (Wildman–Crippen LogP) is 1.81. The molecule has 6 heteroatoms. The Bertz CT molecular complexity index is 485. The molecular weight excluding hydrogens is 270 g/mol. The number of amides is 2. The summed E-state index contributed by atoms with van der Waals surface area (Å²) in [5.41, 5.74) is 7.17. The Kier molecular flexibility index (Phi) is 6.02. The zero-order valence-electron chi connectivity index (χ0n) is 12.9. The fourth-order valence-corrected chi connectivity index (χ4v) is 2.09. The zero-order valence-corrected chi connectivity index (χ0v) is 12.9. The van der Waals surface area contributed by atoms with Gasteiger partial charge in [0.15, 0.2) is 0 Å². The van der Waals surface area contributed by atoms with Crippen LogP contribution in [0.1, 0.15) is 19.4 Å². The van der Waals surface area contributed by atoms with Crippen molar-refractivity contribution >= 4 is 17.7 Å². The summed E-state index contributed by atoms with van der Waals surface area (Å²) in [6.45, 7) is 3.81. The van der Waals surface area contributed by atoms with Crippen LogP contribution in [-0.4, -0.2) is 37.0 Å². The largest absolute Gasteiger partial charge is 0.445 e. The van der Waals surface area contributed by atoms with Crippen LogP contribution in [0.25, 0.3) is 0 Å². The van der Waals surface area contributed by atoms with Crippen LogP contribution in [-0.2, 0) is 16.1 Å². The van der Waals surface area contributed by atoms with Crippen molar-refractivity contribution in [1.82, 2.24) is 4.90 Å². The number of carbonyl (C=O) groups excluding carboxylic acids is 2. The zero-order chi connectivity index (χ0) is 16.0. The van der Waals surface area contributed by atoms with Crippen molar-refractivity contribution in [2.24, 2.45) is 11.7 Å². The van der Waals surface area contributed by atoms with Gasteiger partial charge in [-0.25, -0.2) is 4.79 Å². The lowest BCUT2D eigenvalue weighted by Gasteiger charge is -2.27. The van der Waals surface area contributed by atoms with Gasteiger partial charge >= 0.3 is 6.09 Å². The van der Waals surface area contributed by atoms with Gasteiger partial charge in [-0.2, -0.15) is 0 Å². The molecule has 3 N–H and O–H groups in total. The fraction of sp³-hybridized carbons (Fsp3) is 0.467. The van der Waals surface area contributed by atoms with E-state index in [1.54, 1.807) is 0 Å². The van der Waals surface area contributed by atoms with Gasteiger partial charge in [-0.3, -0.25) is 9.69 Å². The number of benzene rings is 1. The Morgan fingerprint density at radius 2 is 1.86 bits per heavy atom. The summed E-state index contributed by atoms with van der Waals surface area (Å²) in [5.74, 6) is -0.613. The highest BCUT2D eigenvalue weighted by Crippen LogP contribution is 2.13. The summed E-state index contributed by atoms with van der Waals surface area (Å²) in [5, 5.41) is 3.01. The lowest BCUT2D eigenvalue weighted by Crippen LogP contribution is -2.48. The first-order chi connectivity index (χ1) is 9.86. The maximum Gasteiger partial charge on any atom is 0.410 e. The van der Waals surface area contributed by atoms with Gasteiger partial charge < -0.3 is 15.8 Å². The fourth-order valence-electron chi connectivity index (χ4n) is 2.09. The smallest absolute Gasteiger partial charge is 0.410 e. The third kappa shape index (κ3) is 4.66. The van der Waals surface area contributed by atoms with Gasteiger partial charge in [-0.1, -0.05) is 26.0 Å². The molecule has 0 aliphatic heterocycles. The second-order valence-electron chi connectivity index (χ2n) is 5.20. The van der Waals surface area contributed by atoms with Gasteiger partial charge in [-0.15, -0.1) is 0 Å². The van der Waals surface area contributed by atoms with Gasteiger partial charge in [0.05, 0.1) is 0 Å². The second kappa shape index (κ2) is 7.52.